The van der Waals surface area contributed by atoms with Gasteiger partial charge < -0.3 is 4.74 Å². The number of hydrogen-bond acceptors (Lipinski definition) is 3. The van der Waals surface area contributed by atoms with Gasteiger partial charge in [-0.25, -0.2) is 0 Å². The van der Waals surface area contributed by atoms with Crippen LogP contribution in [-0.2, 0) is 14.9 Å². The maximum atomic E-state index is 10.8. The molecule has 0 aliphatic heterocycles. The summed E-state index contributed by atoms with van der Waals surface area (Å²) in [5.41, 5.74) is 0. The molecule has 0 amide bonds. The van der Waals surface area contributed by atoms with Crippen molar-refractivity contribution in [3.8, 4) is 0 Å². The van der Waals surface area contributed by atoms with Crippen molar-refractivity contribution in [3.05, 3.63) is 0 Å². The molecule has 0 saturated heterocycles. The van der Waals surface area contributed by atoms with Gasteiger partial charge in [0.2, 0.25) is 0 Å². The molecule has 0 fully saturated rings. The van der Waals surface area contributed by atoms with E-state index in [1.807, 2.05) is 6.92 Å². The number of ether oxygens (including phenoxy) is 1. The summed E-state index contributed by atoms with van der Waals surface area (Å²) in [7, 11) is -3.94. The second-order valence-electron chi connectivity index (χ2n) is 7.18. The van der Waals surface area contributed by atoms with Gasteiger partial charge in [0.05, 0.1) is 12.2 Å². The monoisotopic (exact) mass is 364 g/mol. The molecule has 5 heteroatoms. The third-order valence-electron chi connectivity index (χ3n) is 4.37. The molecule has 0 rings (SSSR count). The van der Waals surface area contributed by atoms with Gasteiger partial charge in [-0.1, -0.05) is 84.0 Å². The maximum Gasteiger partial charge on any atom is 0.267 e. The molecule has 0 bridgehead atoms. The molecule has 0 aliphatic rings. The molecule has 0 saturated carbocycles. The van der Waals surface area contributed by atoms with Crippen LogP contribution in [0.15, 0.2) is 0 Å². The molecule has 2 unspecified atom stereocenters. The van der Waals surface area contributed by atoms with Crippen LogP contribution in [0.5, 0.6) is 0 Å². The fraction of sp³-hybridized carbons (Fsp3) is 1.00. The summed E-state index contributed by atoms with van der Waals surface area (Å²) in [4.78, 5) is 0. The third kappa shape index (κ3) is 18.2. The summed E-state index contributed by atoms with van der Waals surface area (Å²) in [5.74, 6) is -0.324. The highest BCUT2D eigenvalue weighted by atomic mass is 32.2. The van der Waals surface area contributed by atoms with Gasteiger partial charge in [-0.2, -0.15) is 8.42 Å². The molecule has 0 radical (unpaired) electrons. The van der Waals surface area contributed by atoms with Gasteiger partial charge in [-0.3, -0.25) is 4.55 Å². The molecular formula is C19H40O4S. The summed E-state index contributed by atoms with van der Waals surface area (Å²) < 4.78 is 35.9. The lowest BCUT2D eigenvalue weighted by Crippen LogP contribution is -2.24. The Balaban J connectivity index is 3.34. The molecule has 146 valence electrons. The predicted octanol–water partition coefficient (Wildman–Crippen LogP) is 5.76. The summed E-state index contributed by atoms with van der Waals surface area (Å²) in [6.07, 6.45) is 16.5. The first-order valence-electron chi connectivity index (χ1n) is 9.95. The van der Waals surface area contributed by atoms with Crippen LogP contribution in [0.2, 0.25) is 0 Å². The smallest absolute Gasteiger partial charge is 0.267 e. The van der Waals surface area contributed by atoms with Crippen molar-refractivity contribution >= 4 is 10.1 Å². The van der Waals surface area contributed by atoms with Gasteiger partial charge in [0.1, 0.15) is 5.75 Å². The molecule has 2 atom stereocenters. The van der Waals surface area contributed by atoms with Crippen LogP contribution in [0.25, 0.3) is 0 Å². The zero-order chi connectivity index (χ0) is 18.3. The number of unbranched alkanes of at least 4 members (excludes halogenated alkanes) is 11. The number of rotatable bonds is 17. The highest BCUT2D eigenvalue weighted by Crippen LogP contribution is 2.14. The van der Waals surface area contributed by atoms with E-state index in [1.165, 1.54) is 70.6 Å². The van der Waals surface area contributed by atoms with Crippen LogP contribution >= 0.6 is 0 Å². The van der Waals surface area contributed by atoms with Gasteiger partial charge in [0, 0.05) is 0 Å². The third-order valence-corrected chi connectivity index (χ3v) is 5.26. The van der Waals surface area contributed by atoms with Crippen LogP contribution in [0.3, 0.4) is 0 Å². The molecule has 0 aliphatic carbocycles. The highest BCUT2D eigenvalue weighted by Gasteiger charge is 2.15. The van der Waals surface area contributed by atoms with Crippen LogP contribution in [-0.4, -0.2) is 30.9 Å². The van der Waals surface area contributed by atoms with E-state index in [0.717, 1.165) is 12.8 Å². The van der Waals surface area contributed by atoms with E-state index in [9.17, 15) is 8.42 Å². The summed E-state index contributed by atoms with van der Waals surface area (Å²) in [6.45, 7) is 5.92. The van der Waals surface area contributed by atoms with Crippen molar-refractivity contribution in [1.29, 1.82) is 0 Å². The molecule has 0 aromatic carbocycles. The Labute approximate surface area is 150 Å². The lowest BCUT2D eigenvalue weighted by atomic mass is 10.0. The molecule has 4 nitrogen and oxygen atoms in total. The molecule has 0 aromatic heterocycles. The predicted molar refractivity (Wildman–Crippen MR) is 102 cm³/mol. The van der Waals surface area contributed by atoms with E-state index in [2.05, 4.69) is 6.92 Å². The number of hydrogen-bond donors (Lipinski definition) is 1. The standard InChI is InChI=1S/C19H40O4S/c1-4-5-6-7-8-9-10-11-12-13-14-15-16-18(2)23-19(3)17-24(20,21)22/h18-19H,4-17H2,1-3H3,(H,20,21,22). The minimum Gasteiger partial charge on any atom is -0.374 e. The van der Waals surface area contributed by atoms with Crippen molar-refractivity contribution in [2.75, 3.05) is 5.75 Å². The fourth-order valence-electron chi connectivity index (χ4n) is 3.07. The van der Waals surface area contributed by atoms with Gasteiger partial charge >= 0.3 is 0 Å². The molecule has 24 heavy (non-hydrogen) atoms. The van der Waals surface area contributed by atoms with Gasteiger partial charge in [-0.05, 0) is 20.3 Å². The van der Waals surface area contributed by atoms with E-state index in [0.29, 0.717) is 0 Å². The van der Waals surface area contributed by atoms with Crippen molar-refractivity contribution in [1.82, 2.24) is 0 Å². The van der Waals surface area contributed by atoms with Crippen LogP contribution in [0, 0.1) is 0 Å². The maximum absolute atomic E-state index is 10.8. The Hall–Kier alpha value is -0.130. The van der Waals surface area contributed by atoms with Crippen LogP contribution in [0.1, 0.15) is 104 Å². The minimum absolute atomic E-state index is 0.0462. The van der Waals surface area contributed by atoms with Crippen LogP contribution < -0.4 is 0 Å². The second-order valence-corrected chi connectivity index (χ2v) is 8.68. The Kier molecular flexibility index (Phi) is 15.1. The summed E-state index contributed by atoms with van der Waals surface area (Å²) in [5, 5.41) is 0. The average molecular weight is 365 g/mol. The quantitative estimate of drug-likeness (QED) is 0.263. The van der Waals surface area contributed by atoms with E-state index in [-0.39, 0.29) is 11.9 Å². The Bertz CT molecular complexity index is 368. The average Bonchev–Trinajstić information content (AvgIpc) is 2.46. The molecular weight excluding hydrogens is 324 g/mol. The van der Waals surface area contributed by atoms with Gasteiger partial charge in [0.25, 0.3) is 10.1 Å². The summed E-state index contributed by atoms with van der Waals surface area (Å²) >= 11 is 0. The lowest BCUT2D eigenvalue weighted by molar-refractivity contribution is 0.0142. The van der Waals surface area contributed by atoms with Crippen LogP contribution in [0.4, 0.5) is 0 Å². The molecule has 0 aromatic rings. The van der Waals surface area contributed by atoms with Crippen molar-refractivity contribution in [2.24, 2.45) is 0 Å². The molecule has 0 heterocycles. The summed E-state index contributed by atoms with van der Waals surface area (Å²) in [6, 6.07) is 0. The van der Waals surface area contributed by atoms with Gasteiger partial charge in [0.15, 0.2) is 0 Å². The Morgan fingerprint density at radius 3 is 1.58 bits per heavy atom. The first-order chi connectivity index (χ1) is 11.3. The van der Waals surface area contributed by atoms with Crippen molar-refractivity contribution < 1.29 is 17.7 Å². The largest absolute Gasteiger partial charge is 0.374 e. The van der Waals surface area contributed by atoms with Gasteiger partial charge in [-0.15, -0.1) is 0 Å². The van der Waals surface area contributed by atoms with E-state index < -0.39 is 16.2 Å². The minimum atomic E-state index is -3.94. The molecule has 0 spiro atoms. The zero-order valence-corrected chi connectivity index (χ0v) is 17.0. The first-order valence-corrected chi connectivity index (χ1v) is 11.6. The lowest BCUT2D eigenvalue weighted by Gasteiger charge is -2.18. The van der Waals surface area contributed by atoms with Crippen molar-refractivity contribution in [2.45, 2.75) is 116 Å². The Morgan fingerprint density at radius 1 is 0.750 bits per heavy atom. The second kappa shape index (κ2) is 15.2. The first kappa shape index (κ1) is 23.9. The van der Waals surface area contributed by atoms with E-state index in [4.69, 9.17) is 9.29 Å². The Morgan fingerprint density at radius 2 is 1.17 bits per heavy atom. The van der Waals surface area contributed by atoms with E-state index >= 15 is 0 Å². The SMILES string of the molecule is CCCCCCCCCCCCCCC(C)OC(C)CS(=O)(=O)O. The topological polar surface area (TPSA) is 63.6 Å². The highest BCUT2D eigenvalue weighted by molar-refractivity contribution is 7.85. The zero-order valence-electron chi connectivity index (χ0n) is 16.1. The van der Waals surface area contributed by atoms with E-state index in [1.54, 1.807) is 6.92 Å². The normalized spacial score (nSPS) is 14.7. The molecule has 1 N–H and O–H groups in total. The van der Waals surface area contributed by atoms with Crippen molar-refractivity contribution in [3.63, 3.8) is 0 Å². The fourth-order valence-corrected chi connectivity index (χ4v) is 3.75.